The molecule has 0 saturated carbocycles. The first-order valence-electron chi connectivity index (χ1n) is 20.7. The monoisotopic (exact) mass is 1590 g/mol. The van der Waals surface area contributed by atoms with Gasteiger partial charge < -0.3 is 19.7 Å². The number of carbonyl (C=O) groups is 2. The molecule has 20 heteroatoms. The number of benzene rings is 2. The maximum Gasteiger partial charge on any atom is 0.307 e. The molecule has 12 nitrogen and oxygen atoms in total. The molecule has 0 radical (unpaired) electrons. The first-order valence-corrected chi connectivity index (χ1v) is 30.3. The molecular weight excluding hydrogens is 1540 g/mol. The summed E-state index contributed by atoms with van der Waals surface area (Å²) in [5.74, 6) is -3.24. The number of carboxylic acids is 2. The van der Waals surface area contributed by atoms with Gasteiger partial charge in [-0.2, -0.15) is 13.0 Å². The van der Waals surface area contributed by atoms with Crippen molar-refractivity contribution in [1.29, 1.82) is 0 Å². The van der Waals surface area contributed by atoms with E-state index in [1.54, 1.807) is 29.2 Å². The highest BCUT2D eigenvalue weighted by Gasteiger charge is 2.55. The predicted molar refractivity (Wildman–Crippen MR) is 302 cm³/mol. The van der Waals surface area contributed by atoms with Crippen LogP contribution in [0.5, 0.6) is 0 Å². The minimum absolute atomic E-state index is 0.0866. The Balaban J connectivity index is 1.86. The summed E-state index contributed by atoms with van der Waals surface area (Å²) in [7, 11) is -9.09. The normalized spacial score (nSPS) is 20.6. The van der Waals surface area contributed by atoms with E-state index in [0.29, 0.717) is 50.0 Å². The number of unbranched alkanes of at least 4 members (excludes halogenated alkanes) is 3. The van der Waals surface area contributed by atoms with Crippen LogP contribution in [-0.2, 0) is 40.7 Å². The van der Waals surface area contributed by atoms with E-state index in [1.165, 1.54) is 0 Å². The molecule has 0 aliphatic carbocycles. The second-order valence-corrected chi connectivity index (χ2v) is 26.0. The van der Waals surface area contributed by atoms with Gasteiger partial charge in [-0.25, -0.2) is 8.42 Å². The molecule has 0 fully saturated rings. The van der Waals surface area contributed by atoms with Crippen molar-refractivity contribution >= 4 is 185 Å². The van der Waals surface area contributed by atoms with Crippen molar-refractivity contribution in [3.63, 3.8) is 0 Å². The summed E-state index contributed by atoms with van der Waals surface area (Å²) < 4.78 is 80.1. The highest BCUT2D eigenvalue weighted by Crippen LogP contribution is 2.57. The van der Waals surface area contributed by atoms with Crippen LogP contribution >= 0.6 is 136 Å². The topological polar surface area (TPSA) is 192 Å². The lowest BCUT2D eigenvalue weighted by molar-refractivity contribution is -0.437. The summed E-state index contributed by atoms with van der Waals surface area (Å²) >= 11 is 13.7. The molecule has 2 aliphatic heterocycles. The van der Waals surface area contributed by atoms with Crippen molar-refractivity contribution in [2.45, 2.75) is 115 Å². The average Bonchev–Trinajstić information content (AvgIpc) is 3.56. The lowest BCUT2D eigenvalue weighted by Crippen LogP contribution is -2.45. The number of nitrogens with zero attached hydrogens (tertiary/aromatic N) is 2. The van der Waals surface area contributed by atoms with Crippen LogP contribution in [0, 0.1) is 27.3 Å². The third-order valence-corrected chi connectivity index (χ3v) is 24.0. The molecule has 0 saturated heterocycles. The summed E-state index contributed by atoms with van der Waals surface area (Å²) in [6.45, 7) is 8.16. The van der Waals surface area contributed by atoms with Crippen LogP contribution in [0.1, 0.15) is 109 Å². The van der Waals surface area contributed by atoms with Crippen molar-refractivity contribution in [2.75, 3.05) is 17.2 Å². The second-order valence-electron chi connectivity index (χ2n) is 16.2. The molecule has 0 spiro atoms. The smallest absolute Gasteiger partial charge is 0.307 e. The first kappa shape index (κ1) is 56.6. The van der Waals surface area contributed by atoms with Crippen molar-refractivity contribution in [2.24, 2.45) is 5.92 Å². The fourth-order valence-electron chi connectivity index (χ4n) is 8.88. The van der Waals surface area contributed by atoms with Gasteiger partial charge in [-0.1, -0.05) is 76.3 Å². The number of allylic oxidation sites excluding steroid dienone is 8. The predicted octanol–water partition coefficient (Wildman–Crippen LogP) is 11.9. The lowest BCUT2D eigenvalue weighted by atomic mass is 9.69. The number of fused-ring (bicyclic) bond motifs is 2. The standard InChI is InChI=1S/C44H52I6N2O10S2/c1-5-7-18-27(42(55)56)44(4)33(52(34(17-6-2)64(60,61)62)31-26-29(46)39(48)41(50)37(31)44)20-13-10-8-9-12-19-32-43(3,22-15-11-14-21-35(53)54)36-30(25-28(45)38(47)40(36)49)51(32)23-16-24-63(57,58)59/h8-10,12-13,19-20,25-27,34H,5-7,11,14-18,21-24H2,1-4H3,(H3-,53,54,55,56,57,58,59,60,61,62). The van der Waals surface area contributed by atoms with E-state index in [1.807, 2.05) is 45.1 Å². The van der Waals surface area contributed by atoms with Gasteiger partial charge in [0.25, 0.3) is 10.1 Å². The first-order chi connectivity index (χ1) is 29.9. The van der Waals surface area contributed by atoms with Gasteiger partial charge in [0.2, 0.25) is 5.69 Å². The van der Waals surface area contributed by atoms with Gasteiger partial charge in [0.15, 0.2) is 11.1 Å². The largest absolute Gasteiger partial charge is 0.748 e. The van der Waals surface area contributed by atoms with Crippen molar-refractivity contribution in [1.82, 2.24) is 0 Å². The molecule has 2 aliphatic rings. The molecule has 2 aromatic rings. The van der Waals surface area contributed by atoms with Crippen molar-refractivity contribution in [3.8, 4) is 0 Å². The van der Waals surface area contributed by atoms with E-state index in [-0.39, 0.29) is 19.3 Å². The molecule has 64 heavy (non-hydrogen) atoms. The summed E-state index contributed by atoms with van der Waals surface area (Å²) in [6, 6.07) is 3.97. The second kappa shape index (κ2) is 24.2. The molecule has 4 rings (SSSR count). The van der Waals surface area contributed by atoms with Gasteiger partial charge in [-0.05, 0) is 187 Å². The van der Waals surface area contributed by atoms with Gasteiger partial charge in [-0.15, -0.1) is 0 Å². The van der Waals surface area contributed by atoms with E-state index < -0.39 is 60.0 Å². The van der Waals surface area contributed by atoms with E-state index in [0.717, 1.165) is 63.2 Å². The van der Waals surface area contributed by atoms with Crippen LogP contribution in [0.2, 0.25) is 0 Å². The fourth-order valence-corrected chi connectivity index (χ4v) is 15.7. The zero-order chi connectivity index (χ0) is 47.9. The molecule has 352 valence electrons. The number of carboxylic acid groups (broad SMARTS) is 2. The Morgan fingerprint density at radius 1 is 0.797 bits per heavy atom. The van der Waals surface area contributed by atoms with E-state index in [9.17, 15) is 45.7 Å². The third-order valence-electron chi connectivity index (χ3n) is 11.9. The van der Waals surface area contributed by atoms with Crippen LogP contribution in [0.3, 0.4) is 0 Å². The van der Waals surface area contributed by atoms with Crippen LogP contribution in [-0.4, -0.2) is 76.1 Å². The number of aliphatic carboxylic acids is 2. The third kappa shape index (κ3) is 13.0. The average molecular weight is 1590 g/mol. The van der Waals surface area contributed by atoms with E-state index in [2.05, 4.69) is 153 Å². The van der Waals surface area contributed by atoms with Crippen LogP contribution in [0.15, 0.2) is 60.4 Å². The number of anilines is 1. The maximum absolute atomic E-state index is 13.3. The highest BCUT2D eigenvalue weighted by molar-refractivity contribution is 14.1. The minimum atomic E-state index is -4.65. The quantitative estimate of drug-likeness (QED) is 0.0239. The molecule has 3 N–H and O–H groups in total. The Kier molecular flexibility index (Phi) is 21.4. The number of hydrogen-bond donors (Lipinski definition) is 3. The maximum atomic E-state index is 13.3. The SMILES string of the molecule is CCCCC(C(=O)O)C1(C)/C(=C/C=C/C=C/C=C/C2=[N+](CCCS(=O)(=O)[O-])c3cc(I)c(I)c(I)c3C2(C)CCCCCC(=O)O)N(C(CCC)S(=O)(=O)O)c2cc(I)c(I)c(I)c21. The Hall–Kier alpha value is 0.0100. The Morgan fingerprint density at radius 2 is 1.41 bits per heavy atom. The van der Waals surface area contributed by atoms with Gasteiger partial charge >= 0.3 is 11.9 Å². The molecule has 4 unspecified atom stereocenters. The zero-order valence-electron chi connectivity index (χ0n) is 35.7. The zero-order valence-corrected chi connectivity index (χ0v) is 50.3. The molecule has 0 aromatic heterocycles. The Bertz CT molecular complexity index is 2510. The Labute approximate surface area is 459 Å². The number of halogens is 6. The van der Waals surface area contributed by atoms with Crippen LogP contribution in [0.4, 0.5) is 11.4 Å². The van der Waals surface area contributed by atoms with Crippen LogP contribution < -0.4 is 4.90 Å². The summed E-state index contributed by atoms with van der Waals surface area (Å²) in [5.41, 5.74) is 3.01. The number of rotatable bonds is 23. The van der Waals surface area contributed by atoms with Crippen molar-refractivity contribution < 1.29 is 50.3 Å². The summed E-state index contributed by atoms with van der Waals surface area (Å²) in [5, 5.41) is 18.7. The van der Waals surface area contributed by atoms with Gasteiger partial charge in [0.1, 0.15) is 6.54 Å². The molecule has 2 aromatic carbocycles. The summed E-state index contributed by atoms with van der Waals surface area (Å²) in [6.07, 6.45) is 18.1. The molecule has 2 heterocycles. The molecule has 0 amide bonds. The fraction of sp³-hybridized carbons (Fsp3) is 0.477. The molecule has 0 bridgehead atoms. The van der Waals surface area contributed by atoms with Crippen LogP contribution in [0.25, 0.3) is 0 Å². The van der Waals surface area contributed by atoms with Gasteiger partial charge in [0, 0.05) is 74.5 Å². The number of hydrogen-bond acceptors (Lipinski definition) is 8. The molecule has 4 atom stereocenters. The lowest BCUT2D eigenvalue weighted by Gasteiger charge is -2.37. The highest BCUT2D eigenvalue weighted by atomic mass is 127. The summed E-state index contributed by atoms with van der Waals surface area (Å²) in [4.78, 5) is 26.1. The minimum Gasteiger partial charge on any atom is -0.748 e. The Morgan fingerprint density at radius 3 is 1.98 bits per heavy atom. The van der Waals surface area contributed by atoms with Gasteiger partial charge in [-0.3, -0.25) is 14.1 Å². The molecular formula is C44H52I6N2O10S2. The van der Waals surface area contributed by atoms with E-state index >= 15 is 0 Å². The van der Waals surface area contributed by atoms with Crippen molar-refractivity contribution in [3.05, 3.63) is 92.9 Å². The van der Waals surface area contributed by atoms with E-state index in [4.69, 9.17) is 0 Å². The van der Waals surface area contributed by atoms with Gasteiger partial charge in [0.05, 0.1) is 27.0 Å².